The van der Waals surface area contributed by atoms with Crippen LogP contribution in [0.15, 0.2) is 66.0 Å². The Bertz CT molecular complexity index is 1060. The lowest BCUT2D eigenvalue weighted by Crippen LogP contribution is -2.37. The molecule has 1 atom stereocenters. The number of likely N-dealkylation sites (tertiary alicyclic amines) is 1. The van der Waals surface area contributed by atoms with Crippen LogP contribution in [-0.2, 0) is 0 Å². The highest BCUT2D eigenvalue weighted by atomic mass is 32.1. The predicted octanol–water partition coefficient (Wildman–Crippen LogP) is 4.58. The van der Waals surface area contributed by atoms with E-state index in [0.717, 1.165) is 37.2 Å². The van der Waals surface area contributed by atoms with E-state index in [4.69, 9.17) is 4.74 Å². The molecule has 166 valence electrons. The van der Waals surface area contributed by atoms with E-state index in [2.05, 4.69) is 21.6 Å². The molecule has 6 nitrogen and oxygen atoms in total. The van der Waals surface area contributed by atoms with E-state index < -0.39 is 0 Å². The van der Waals surface area contributed by atoms with E-state index >= 15 is 0 Å². The quantitative estimate of drug-likeness (QED) is 0.528. The molecular formula is C25H27N3O3S. The zero-order valence-electron chi connectivity index (χ0n) is 18.0. The van der Waals surface area contributed by atoms with Gasteiger partial charge in [-0.2, -0.15) is 0 Å². The van der Waals surface area contributed by atoms with Gasteiger partial charge in [0.25, 0.3) is 11.8 Å². The third-order valence-corrected chi connectivity index (χ3v) is 6.53. The van der Waals surface area contributed by atoms with Gasteiger partial charge in [-0.25, -0.2) is 0 Å². The van der Waals surface area contributed by atoms with Crippen LogP contribution in [0.4, 0.5) is 5.69 Å². The number of para-hydroxylation sites is 1. The number of methoxy groups -OCH3 is 1. The van der Waals surface area contributed by atoms with Gasteiger partial charge in [-0.1, -0.05) is 30.3 Å². The summed E-state index contributed by atoms with van der Waals surface area (Å²) in [4.78, 5) is 28.3. The molecule has 3 aromatic rings. The SMILES string of the molecule is COc1ccccc1C(CNC(=O)c1cccc(NC(=O)c2cccs2)c1)N1CCCC1. The summed E-state index contributed by atoms with van der Waals surface area (Å²) in [6, 6.07) is 18.6. The minimum Gasteiger partial charge on any atom is -0.496 e. The number of carbonyl (C=O) groups is 2. The van der Waals surface area contributed by atoms with Gasteiger partial charge >= 0.3 is 0 Å². The number of benzene rings is 2. The molecule has 1 aromatic heterocycles. The van der Waals surface area contributed by atoms with Crippen molar-refractivity contribution in [1.82, 2.24) is 10.2 Å². The Kier molecular flexibility index (Phi) is 7.19. The number of anilines is 1. The number of amides is 2. The van der Waals surface area contributed by atoms with Gasteiger partial charge in [0.1, 0.15) is 5.75 Å². The number of rotatable bonds is 8. The van der Waals surface area contributed by atoms with E-state index in [-0.39, 0.29) is 17.9 Å². The van der Waals surface area contributed by atoms with E-state index in [1.165, 1.54) is 11.3 Å². The fourth-order valence-electron chi connectivity index (χ4n) is 4.06. The standard InChI is InChI=1S/C25H27N3O3S/c1-31-22-11-3-2-10-20(22)21(28-13-4-5-14-28)17-26-24(29)18-8-6-9-19(16-18)27-25(30)23-12-7-15-32-23/h2-3,6-12,15-16,21H,4-5,13-14,17H2,1H3,(H,26,29)(H,27,30). The Labute approximate surface area is 192 Å². The van der Waals surface area contributed by atoms with Gasteiger partial charge in [-0.15, -0.1) is 11.3 Å². The van der Waals surface area contributed by atoms with Crippen molar-refractivity contribution in [2.24, 2.45) is 0 Å². The van der Waals surface area contributed by atoms with Gasteiger partial charge in [0.05, 0.1) is 18.0 Å². The van der Waals surface area contributed by atoms with Gasteiger partial charge in [-0.05, 0) is 61.6 Å². The van der Waals surface area contributed by atoms with E-state index in [1.54, 1.807) is 37.4 Å². The average Bonchev–Trinajstić information content (AvgIpc) is 3.54. The van der Waals surface area contributed by atoms with Crippen molar-refractivity contribution in [1.29, 1.82) is 0 Å². The third kappa shape index (κ3) is 5.18. The highest BCUT2D eigenvalue weighted by molar-refractivity contribution is 7.12. The molecule has 2 N–H and O–H groups in total. The summed E-state index contributed by atoms with van der Waals surface area (Å²) < 4.78 is 5.58. The lowest BCUT2D eigenvalue weighted by molar-refractivity contribution is 0.0936. The van der Waals surface area contributed by atoms with Crippen LogP contribution in [0.1, 0.15) is 44.5 Å². The Balaban J connectivity index is 1.46. The van der Waals surface area contributed by atoms with Crippen molar-refractivity contribution < 1.29 is 14.3 Å². The summed E-state index contributed by atoms with van der Waals surface area (Å²) in [5.41, 5.74) is 2.18. The van der Waals surface area contributed by atoms with Crippen LogP contribution in [0.5, 0.6) is 5.75 Å². The maximum absolute atomic E-state index is 12.9. The van der Waals surface area contributed by atoms with E-state index in [0.29, 0.717) is 22.7 Å². The topological polar surface area (TPSA) is 70.7 Å². The second kappa shape index (κ2) is 10.4. The molecule has 2 heterocycles. The maximum Gasteiger partial charge on any atom is 0.265 e. The molecule has 2 aromatic carbocycles. The first-order chi connectivity index (χ1) is 15.7. The molecule has 4 rings (SSSR count). The third-order valence-electron chi connectivity index (χ3n) is 5.66. The molecule has 1 fully saturated rings. The number of hydrogen-bond acceptors (Lipinski definition) is 5. The number of ether oxygens (including phenoxy) is 1. The van der Waals surface area contributed by atoms with Crippen LogP contribution in [-0.4, -0.2) is 43.5 Å². The second-order valence-corrected chi connectivity index (χ2v) is 8.67. The molecule has 0 aliphatic carbocycles. The Morgan fingerprint density at radius 3 is 2.59 bits per heavy atom. The van der Waals surface area contributed by atoms with Crippen molar-refractivity contribution >= 4 is 28.8 Å². The molecule has 2 amide bonds. The summed E-state index contributed by atoms with van der Waals surface area (Å²) in [6.45, 7) is 2.48. The largest absolute Gasteiger partial charge is 0.496 e. The molecule has 1 unspecified atom stereocenters. The zero-order valence-corrected chi connectivity index (χ0v) is 18.9. The lowest BCUT2D eigenvalue weighted by Gasteiger charge is -2.29. The summed E-state index contributed by atoms with van der Waals surface area (Å²) >= 11 is 1.38. The number of nitrogens with zero attached hydrogens (tertiary/aromatic N) is 1. The summed E-state index contributed by atoms with van der Waals surface area (Å²) in [5, 5.41) is 7.80. The molecule has 1 aliphatic heterocycles. The fraction of sp³-hybridized carbons (Fsp3) is 0.280. The molecule has 32 heavy (non-hydrogen) atoms. The minimum absolute atomic E-state index is 0.0410. The number of carbonyl (C=O) groups excluding carboxylic acids is 2. The van der Waals surface area contributed by atoms with Gasteiger partial charge < -0.3 is 15.4 Å². The van der Waals surface area contributed by atoms with Gasteiger partial charge in [0.2, 0.25) is 0 Å². The smallest absolute Gasteiger partial charge is 0.265 e. The molecule has 0 radical (unpaired) electrons. The van der Waals surface area contributed by atoms with Crippen molar-refractivity contribution in [3.05, 3.63) is 82.0 Å². The summed E-state index contributed by atoms with van der Waals surface area (Å²) in [7, 11) is 1.68. The lowest BCUT2D eigenvalue weighted by atomic mass is 10.0. The predicted molar refractivity (Wildman–Crippen MR) is 128 cm³/mol. The van der Waals surface area contributed by atoms with Gasteiger partial charge in [0.15, 0.2) is 0 Å². The summed E-state index contributed by atoms with van der Waals surface area (Å²) in [6.07, 6.45) is 2.32. The molecular weight excluding hydrogens is 422 g/mol. The molecule has 7 heteroatoms. The average molecular weight is 450 g/mol. The van der Waals surface area contributed by atoms with Crippen LogP contribution in [0.25, 0.3) is 0 Å². The van der Waals surface area contributed by atoms with E-state index in [9.17, 15) is 9.59 Å². The van der Waals surface area contributed by atoms with Crippen molar-refractivity contribution in [3.8, 4) is 5.75 Å². The Morgan fingerprint density at radius 2 is 1.84 bits per heavy atom. The zero-order chi connectivity index (χ0) is 22.3. The highest BCUT2D eigenvalue weighted by Crippen LogP contribution is 2.31. The van der Waals surface area contributed by atoms with Crippen molar-refractivity contribution in [2.45, 2.75) is 18.9 Å². The first-order valence-corrected chi connectivity index (χ1v) is 11.6. The molecule has 1 saturated heterocycles. The van der Waals surface area contributed by atoms with Crippen LogP contribution in [0.3, 0.4) is 0 Å². The van der Waals surface area contributed by atoms with Crippen LogP contribution in [0.2, 0.25) is 0 Å². The van der Waals surface area contributed by atoms with Crippen molar-refractivity contribution in [3.63, 3.8) is 0 Å². The van der Waals surface area contributed by atoms with Crippen LogP contribution in [0, 0.1) is 0 Å². The fourth-order valence-corrected chi connectivity index (χ4v) is 4.68. The Hall–Kier alpha value is -3.16. The monoisotopic (exact) mass is 449 g/mol. The van der Waals surface area contributed by atoms with Gasteiger partial charge in [-0.3, -0.25) is 14.5 Å². The summed E-state index contributed by atoms with van der Waals surface area (Å²) in [5.74, 6) is 0.482. The van der Waals surface area contributed by atoms with E-state index in [1.807, 2.05) is 29.6 Å². The van der Waals surface area contributed by atoms with Crippen LogP contribution >= 0.6 is 11.3 Å². The number of thiophene rings is 1. The normalized spacial score (nSPS) is 14.7. The molecule has 1 aliphatic rings. The highest BCUT2D eigenvalue weighted by Gasteiger charge is 2.26. The molecule has 0 saturated carbocycles. The maximum atomic E-state index is 12.9. The second-order valence-electron chi connectivity index (χ2n) is 7.72. The first-order valence-electron chi connectivity index (χ1n) is 10.8. The Morgan fingerprint density at radius 1 is 1.03 bits per heavy atom. The van der Waals surface area contributed by atoms with Crippen LogP contribution < -0.4 is 15.4 Å². The first kappa shape index (κ1) is 22.0. The molecule has 0 spiro atoms. The number of hydrogen-bond donors (Lipinski definition) is 2. The number of nitrogens with one attached hydrogen (secondary N) is 2. The minimum atomic E-state index is -0.178. The molecule has 0 bridgehead atoms. The van der Waals surface area contributed by atoms with Gasteiger partial charge in [0, 0.05) is 23.4 Å². The van der Waals surface area contributed by atoms with Crippen molar-refractivity contribution in [2.75, 3.05) is 32.1 Å².